The van der Waals surface area contributed by atoms with Gasteiger partial charge in [0.1, 0.15) is 0 Å². The van der Waals surface area contributed by atoms with Crippen molar-refractivity contribution in [3.63, 3.8) is 0 Å². The van der Waals surface area contributed by atoms with Gasteiger partial charge in [-0.25, -0.2) is 0 Å². The van der Waals surface area contributed by atoms with E-state index >= 15 is 0 Å². The van der Waals surface area contributed by atoms with Crippen molar-refractivity contribution in [3.05, 3.63) is 34.3 Å². The van der Waals surface area contributed by atoms with Gasteiger partial charge in [-0.05, 0) is 42.5 Å². The zero-order valence-electron chi connectivity index (χ0n) is 8.59. The van der Waals surface area contributed by atoms with Crippen molar-refractivity contribution >= 4 is 23.4 Å². The van der Waals surface area contributed by atoms with Gasteiger partial charge < -0.3 is 0 Å². The van der Waals surface area contributed by atoms with Crippen molar-refractivity contribution in [2.24, 2.45) is 0 Å². The zero-order valence-corrected chi connectivity index (χ0v) is 10.2. The Morgan fingerprint density at radius 1 is 1.43 bits per heavy atom. The first-order chi connectivity index (χ1) is 6.66. The van der Waals surface area contributed by atoms with E-state index in [4.69, 9.17) is 11.6 Å². The van der Waals surface area contributed by atoms with Crippen molar-refractivity contribution in [1.82, 2.24) is 0 Å². The fraction of sp³-hybridized carbons (Fsp3) is 0.500. The second-order valence-electron chi connectivity index (χ2n) is 4.08. The third-order valence-electron chi connectivity index (χ3n) is 2.87. The highest BCUT2D eigenvalue weighted by Crippen LogP contribution is 2.39. The molecule has 1 aromatic rings. The van der Waals surface area contributed by atoms with Crippen LogP contribution < -0.4 is 0 Å². The van der Waals surface area contributed by atoms with Gasteiger partial charge in [0.05, 0.1) is 0 Å². The van der Waals surface area contributed by atoms with Crippen LogP contribution in [0.2, 0.25) is 5.02 Å². The second-order valence-corrected chi connectivity index (χ2v) is 5.99. The molecule has 0 aliphatic carbocycles. The van der Waals surface area contributed by atoms with E-state index in [2.05, 4.69) is 37.7 Å². The third kappa shape index (κ3) is 2.09. The Labute approximate surface area is 95.0 Å². The van der Waals surface area contributed by atoms with E-state index in [0.29, 0.717) is 0 Å². The molecule has 0 spiro atoms. The summed E-state index contributed by atoms with van der Waals surface area (Å²) < 4.78 is 0. The van der Waals surface area contributed by atoms with E-state index in [1.807, 2.05) is 6.07 Å². The standard InChI is InChI=1S/C12H15ClS/c1-8-5-11(13)3-4-12(8)10-6-9(2)14-7-10/h3-5,9-10H,6-7H2,1-2H3. The highest BCUT2D eigenvalue weighted by Gasteiger charge is 2.24. The summed E-state index contributed by atoms with van der Waals surface area (Å²) in [7, 11) is 0. The topological polar surface area (TPSA) is 0 Å². The summed E-state index contributed by atoms with van der Waals surface area (Å²) in [4.78, 5) is 0. The van der Waals surface area contributed by atoms with Gasteiger partial charge in [0, 0.05) is 16.0 Å². The normalized spacial score (nSPS) is 26.8. The van der Waals surface area contributed by atoms with Crippen LogP contribution in [0.15, 0.2) is 18.2 Å². The van der Waals surface area contributed by atoms with Crippen LogP contribution in [-0.4, -0.2) is 11.0 Å². The zero-order chi connectivity index (χ0) is 10.1. The molecule has 0 saturated carbocycles. The SMILES string of the molecule is Cc1cc(Cl)ccc1C1CSC(C)C1. The average molecular weight is 227 g/mol. The first-order valence-corrected chi connectivity index (χ1v) is 6.47. The monoisotopic (exact) mass is 226 g/mol. The van der Waals surface area contributed by atoms with Gasteiger partial charge in [-0.2, -0.15) is 11.8 Å². The molecule has 2 heteroatoms. The van der Waals surface area contributed by atoms with E-state index in [0.717, 1.165) is 16.2 Å². The number of thioether (sulfide) groups is 1. The van der Waals surface area contributed by atoms with Crippen molar-refractivity contribution < 1.29 is 0 Å². The molecule has 1 heterocycles. The van der Waals surface area contributed by atoms with E-state index in [-0.39, 0.29) is 0 Å². The van der Waals surface area contributed by atoms with Crippen molar-refractivity contribution in [2.45, 2.75) is 31.4 Å². The lowest BCUT2D eigenvalue weighted by molar-refractivity contribution is 0.717. The second kappa shape index (κ2) is 4.16. The molecule has 76 valence electrons. The fourth-order valence-electron chi connectivity index (χ4n) is 2.13. The summed E-state index contributed by atoms with van der Waals surface area (Å²) in [6.07, 6.45) is 1.31. The highest BCUT2D eigenvalue weighted by molar-refractivity contribution is 8.00. The number of hydrogen-bond donors (Lipinski definition) is 0. The Bertz CT molecular complexity index is 335. The molecule has 1 aliphatic rings. The Morgan fingerprint density at radius 2 is 2.21 bits per heavy atom. The van der Waals surface area contributed by atoms with E-state index < -0.39 is 0 Å². The van der Waals surface area contributed by atoms with Gasteiger partial charge in [-0.15, -0.1) is 0 Å². The number of halogens is 1. The summed E-state index contributed by atoms with van der Waals surface area (Å²) >= 11 is 8.03. The molecule has 0 N–H and O–H groups in total. The number of hydrogen-bond acceptors (Lipinski definition) is 1. The van der Waals surface area contributed by atoms with Crippen LogP contribution >= 0.6 is 23.4 Å². The maximum Gasteiger partial charge on any atom is 0.0408 e. The minimum Gasteiger partial charge on any atom is -0.158 e. The lowest BCUT2D eigenvalue weighted by Crippen LogP contribution is -2.00. The predicted molar refractivity (Wildman–Crippen MR) is 65.5 cm³/mol. The first kappa shape index (κ1) is 10.4. The number of aryl methyl sites for hydroxylation is 1. The minimum atomic E-state index is 0.743. The molecule has 2 rings (SSSR count). The van der Waals surface area contributed by atoms with E-state index in [1.165, 1.54) is 23.3 Å². The largest absolute Gasteiger partial charge is 0.158 e. The summed E-state index contributed by atoms with van der Waals surface area (Å²) in [5.41, 5.74) is 2.84. The molecule has 0 amide bonds. The predicted octanol–water partition coefficient (Wildman–Crippen LogP) is 4.26. The van der Waals surface area contributed by atoms with Crippen LogP contribution in [0.5, 0.6) is 0 Å². The highest BCUT2D eigenvalue weighted by atomic mass is 35.5. The summed E-state index contributed by atoms with van der Waals surface area (Å²) in [6, 6.07) is 6.28. The van der Waals surface area contributed by atoms with Crippen LogP contribution in [0, 0.1) is 6.92 Å². The van der Waals surface area contributed by atoms with E-state index in [1.54, 1.807) is 0 Å². The molecule has 2 unspecified atom stereocenters. The van der Waals surface area contributed by atoms with E-state index in [9.17, 15) is 0 Å². The molecular formula is C12H15ClS. The fourth-order valence-corrected chi connectivity index (χ4v) is 3.60. The smallest absolute Gasteiger partial charge is 0.0408 e. The molecule has 0 aromatic heterocycles. The third-order valence-corrected chi connectivity index (χ3v) is 4.46. The van der Waals surface area contributed by atoms with Crippen molar-refractivity contribution in [2.75, 3.05) is 5.75 Å². The molecular weight excluding hydrogens is 212 g/mol. The lowest BCUT2D eigenvalue weighted by Gasteiger charge is -2.12. The van der Waals surface area contributed by atoms with Crippen LogP contribution in [0.4, 0.5) is 0 Å². The van der Waals surface area contributed by atoms with Crippen LogP contribution in [-0.2, 0) is 0 Å². The molecule has 0 nitrogen and oxygen atoms in total. The maximum atomic E-state index is 5.95. The number of rotatable bonds is 1. The van der Waals surface area contributed by atoms with Gasteiger partial charge in [0.15, 0.2) is 0 Å². The molecule has 1 aromatic carbocycles. The molecule has 1 saturated heterocycles. The molecule has 14 heavy (non-hydrogen) atoms. The molecule has 1 aliphatic heterocycles. The van der Waals surface area contributed by atoms with Crippen LogP contribution in [0.25, 0.3) is 0 Å². The van der Waals surface area contributed by atoms with Crippen molar-refractivity contribution in [1.29, 1.82) is 0 Å². The van der Waals surface area contributed by atoms with Crippen LogP contribution in [0.3, 0.4) is 0 Å². The lowest BCUT2D eigenvalue weighted by atomic mass is 9.93. The molecule has 0 radical (unpaired) electrons. The molecule has 2 atom stereocenters. The van der Waals surface area contributed by atoms with Crippen LogP contribution in [0.1, 0.15) is 30.4 Å². The summed E-state index contributed by atoms with van der Waals surface area (Å²) in [5.74, 6) is 2.01. The number of benzene rings is 1. The Morgan fingerprint density at radius 3 is 2.79 bits per heavy atom. The Kier molecular flexibility index (Phi) is 3.08. The van der Waals surface area contributed by atoms with Gasteiger partial charge >= 0.3 is 0 Å². The van der Waals surface area contributed by atoms with Gasteiger partial charge in [0.25, 0.3) is 0 Å². The van der Waals surface area contributed by atoms with Gasteiger partial charge in [-0.3, -0.25) is 0 Å². The van der Waals surface area contributed by atoms with Gasteiger partial charge in [-0.1, -0.05) is 24.6 Å². The van der Waals surface area contributed by atoms with Crippen molar-refractivity contribution in [3.8, 4) is 0 Å². The Hall–Kier alpha value is -0.140. The Balaban J connectivity index is 2.24. The molecule has 1 fully saturated rings. The first-order valence-electron chi connectivity index (χ1n) is 5.04. The minimum absolute atomic E-state index is 0.743. The quantitative estimate of drug-likeness (QED) is 0.690. The summed E-state index contributed by atoms with van der Waals surface area (Å²) in [6.45, 7) is 4.48. The maximum absolute atomic E-state index is 5.95. The summed E-state index contributed by atoms with van der Waals surface area (Å²) in [5, 5.41) is 1.67. The average Bonchev–Trinajstić information content (AvgIpc) is 2.51. The molecule has 0 bridgehead atoms. The van der Waals surface area contributed by atoms with Gasteiger partial charge in [0.2, 0.25) is 0 Å².